The molecule has 0 radical (unpaired) electrons. The summed E-state index contributed by atoms with van der Waals surface area (Å²) in [4.78, 5) is 0. The normalized spacial score (nSPS) is 52.9. The molecule has 7 rings (SSSR count). The van der Waals surface area contributed by atoms with E-state index in [1.165, 1.54) is 0 Å². The molecule has 4 saturated carbocycles. The van der Waals surface area contributed by atoms with Crippen LogP contribution in [0.2, 0.25) is 0 Å². The first-order chi connectivity index (χ1) is 31.3. The summed E-state index contributed by atoms with van der Waals surface area (Å²) in [6, 6.07) is 0. The zero-order valence-electron chi connectivity index (χ0n) is 40.3. The van der Waals surface area contributed by atoms with Crippen LogP contribution >= 0.6 is 0 Å². The third kappa shape index (κ3) is 9.03. The highest BCUT2D eigenvalue weighted by Crippen LogP contribution is 2.76. The molecule has 0 amide bonds. The molecule has 7 fully saturated rings. The van der Waals surface area contributed by atoms with E-state index in [2.05, 4.69) is 26.8 Å². The van der Waals surface area contributed by atoms with Gasteiger partial charge in [-0.25, -0.2) is 0 Å². The molecule has 3 heterocycles. The van der Waals surface area contributed by atoms with Crippen molar-refractivity contribution in [1.82, 2.24) is 0 Å². The first-order valence-electron chi connectivity index (χ1n) is 24.5. The molecule has 0 aromatic rings. The largest absolute Gasteiger partial charge is 0.394 e. The lowest BCUT2D eigenvalue weighted by Gasteiger charge is -2.71. The van der Waals surface area contributed by atoms with Gasteiger partial charge in [-0.2, -0.15) is 0 Å². The maximum Gasteiger partial charge on any atom is 0.187 e. The second kappa shape index (κ2) is 19.8. The summed E-state index contributed by atoms with van der Waals surface area (Å²) in [6.45, 7) is 14.7. The van der Waals surface area contributed by atoms with Crippen molar-refractivity contribution in [2.45, 2.75) is 223 Å². The number of ether oxygens (including phenoxy) is 6. The number of rotatable bonds is 13. The number of hydrogen-bond acceptors (Lipinski definition) is 19. The van der Waals surface area contributed by atoms with Gasteiger partial charge in [-0.05, 0) is 117 Å². The van der Waals surface area contributed by atoms with Crippen molar-refractivity contribution in [3.63, 3.8) is 0 Å². The minimum atomic E-state index is -1.85. The summed E-state index contributed by atoms with van der Waals surface area (Å²) in [5.74, 6) is -0.628. The van der Waals surface area contributed by atoms with Crippen LogP contribution in [0.3, 0.4) is 0 Å². The summed E-state index contributed by atoms with van der Waals surface area (Å²) in [5.41, 5.74) is -1.96. The van der Waals surface area contributed by atoms with Crippen LogP contribution in [0.1, 0.15) is 107 Å². The van der Waals surface area contributed by atoms with Gasteiger partial charge in [0, 0.05) is 0 Å². The molecule has 3 aliphatic heterocycles. The quantitative estimate of drug-likeness (QED) is 0.0773. The lowest BCUT2D eigenvalue weighted by molar-refractivity contribution is -0.383. The Bertz CT molecular complexity index is 1710. The van der Waals surface area contributed by atoms with E-state index in [1.54, 1.807) is 0 Å². The predicted octanol–water partition coefficient (Wildman–Crippen LogP) is -1.06. The van der Waals surface area contributed by atoms with Crippen molar-refractivity contribution in [3.8, 4) is 0 Å². The first kappa shape index (κ1) is 53.8. The van der Waals surface area contributed by atoms with Crippen LogP contribution in [-0.2, 0) is 28.4 Å². The van der Waals surface area contributed by atoms with Crippen molar-refractivity contribution in [2.75, 3.05) is 19.8 Å². The summed E-state index contributed by atoms with van der Waals surface area (Å²) >= 11 is 0. The highest BCUT2D eigenvalue weighted by Gasteiger charge is 2.73. The molecule has 3 saturated heterocycles. The van der Waals surface area contributed by atoms with E-state index in [0.717, 1.165) is 24.8 Å². The predicted molar refractivity (Wildman–Crippen MR) is 235 cm³/mol. The number of allylic oxidation sites excluding steroid dienone is 2. The standard InChI is InChI=1S/C48H82O19/c1-21(2)10-9-13-48(8,67-42-38(61)35(58)32(55)26(19-50)63-42)22-11-14-47(7)30(22)23(52)16-29-45(5)17-24(53)40(44(3,4)28(45)12-15-46(29,47)6)66-43-39(36(59)33(56)27(20-51)64-43)65-41-37(60)34(57)31(54)25(18-49)62-41/h10,22-43,49-61H,9,11-20H2,1-8H3/t22-,23+,24+,25+,26+,27+,28?,29?,30-,31+,32+,33+,34-,35-,36-,37+,38+,39+,40-,41-,42-,43-,45-,46+,47-,48-/m0/s1. The van der Waals surface area contributed by atoms with Crippen LogP contribution in [0.25, 0.3) is 0 Å². The lowest BCUT2D eigenvalue weighted by Crippen LogP contribution is -2.70. The molecule has 13 N–H and O–H groups in total. The number of fused-ring (bicyclic) bond motifs is 5. The van der Waals surface area contributed by atoms with Crippen LogP contribution in [0.15, 0.2) is 11.6 Å². The fraction of sp³-hybridized carbons (Fsp3) is 0.958. The van der Waals surface area contributed by atoms with Gasteiger partial charge in [-0.3, -0.25) is 0 Å². The molecule has 0 aromatic heterocycles. The molecule has 19 heteroatoms. The van der Waals surface area contributed by atoms with E-state index < -0.39 is 152 Å². The number of hydrogen-bond donors (Lipinski definition) is 13. The van der Waals surface area contributed by atoms with Crippen molar-refractivity contribution >= 4 is 0 Å². The van der Waals surface area contributed by atoms with Crippen LogP contribution in [0.5, 0.6) is 0 Å². The molecule has 26 atom stereocenters. The number of aliphatic hydroxyl groups is 13. The maximum absolute atomic E-state index is 12.7. The molecule has 2 unspecified atom stereocenters. The molecule has 4 aliphatic carbocycles. The summed E-state index contributed by atoms with van der Waals surface area (Å²) in [6.07, 6.45) is -19.6. The van der Waals surface area contributed by atoms with E-state index in [0.29, 0.717) is 25.7 Å². The van der Waals surface area contributed by atoms with Crippen LogP contribution in [-0.4, -0.2) is 202 Å². The smallest absolute Gasteiger partial charge is 0.187 e. The van der Waals surface area contributed by atoms with Gasteiger partial charge in [0.25, 0.3) is 0 Å². The Morgan fingerprint density at radius 2 is 1.13 bits per heavy atom. The minimum Gasteiger partial charge on any atom is -0.394 e. The SMILES string of the molecule is CC(C)=CCC[C@](C)(O[C@@H]1O[C@H](CO)[C@@H](O)[C@H](O)[C@H]1O)[C@H]1CC[C@@]2(C)[C@@H]1[C@H](O)CC1[C@@]3(C)C[C@@H](O)[C@H](O[C@@H]4O[C@H](CO)[C@@H](O)[C@H](O)[C@H]4O[C@@H]4O[C@H](CO)[C@@H](O)[C@H](O)[C@H]4O)C(C)(C)C3CC[C@]12C. The summed E-state index contributed by atoms with van der Waals surface area (Å²) in [5, 5.41) is 141. The van der Waals surface area contributed by atoms with Gasteiger partial charge >= 0.3 is 0 Å². The van der Waals surface area contributed by atoms with Gasteiger partial charge in [0.1, 0.15) is 73.2 Å². The van der Waals surface area contributed by atoms with E-state index in [9.17, 15) is 66.4 Å². The lowest BCUT2D eigenvalue weighted by atomic mass is 9.35. The molecule has 0 aromatic carbocycles. The zero-order valence-corrected chi connectivity index (χ0v) is 40.3. The van der Waals surface area contributed by atoms with Crippen LogP contribution in [0.4, 0.5) is 0 Å². The number of aliphatic hydroxyl groups excluding tert-OH is 13. The molecule has 0 bridgehead atoms. The second-order valence-corrected chi connectivity index (χ2v) is 23.1. The Morgan fingerprint density at radius 1 is 0.612 bits per heavy atom. The summed E-state index contributed by atoms with van der Waals surface area (Å²) < 4.78 is 36.9. The first-order valence-corrected chi connectivity index (χ1v) is 24.5. The highest BCUT2D eigenvalue weighted by molar-refractivity contribution is 5.21. The fourth-order valence-electron chi connectivity index (χ4n) is 15.0. The van der Waals surface area contributed by atoms with Crippen LogP contribution < -0.4 is 0 Å². The second-order valence-electron chi connectivity index (χ2n) is 23.1. The van der Waals surface area contributed by atoms with Gasteiger partial charge in [-0.15, -0.1) is 0 Å². The van der Waals surface area contributed by atoms with Gasteiger partial charge in [-0.1, -0.05) is 46.3 Å². The van der Waals surface area contributed by atoms with Crippen molar-refractivity contribution in [2.24, 2.45) is 45.3 Å². The molecule has 19 nitrogen and oxygen atoms in total. The molecule has 388 valence electrons. The molecular weight excluding hydrogens is 881 g/mol. The van der Waals surface area contributed by atoms with Crippen molar-refractivity contribution < 1.29 is 94.8 Å². The molecule has 0 spiro atoms. The minimum absolute atomic E-state index is 0.0733. The van der Waals surface area contributed by atoms with Crippen LogP contribution in [0, 0.1) is 45.3 Å². The topological polar surface area (TPSA) is 318 Å². The van der Waals surface area contributed by atoms with E-state index in [4.69, 9.17) is 28.4 Å². The van der Waals surface area contributed by atoms with E-state index in [-0.39, 0.29) is 35.5 Å². The zero-order chi connectivity index (χ0) is 49.5. The Balaban J connectivity index is 1.15. The molecule has 7 aliphatic rings. The maximum atomic E-state index is 12.7. The Hall–Kier alpha value is -1.02. The van der Waals surface area contributed by atoms with Gasteiger partial charge in [0.05, 0.1) is 43.7 Å². The van der Waals surface area contributed by atoms with Gasteiger partial charge in [0.2, 0.25) is 0 Å². The third-order valence-corrected chi connectivity index (χ3v) is 18.7. The van der Waals surface area contributed by atoms with Gasteiger partial charge in [0.15, 0.2) is 18.9 Å². The third-order valence-electron chi connectivity index (χ3n) is 18.7. The Morgan fingerprint density at radius 3 is 1.70 bits per heavy atom. The fourth-order valence-corrected chi connectivity index (χ4v) is 15.0. The monoisotopic (exact) mass is 963 g/mol. The summed E-state index contributed by atoms with van der Waals surface area (Å²) in [7, 11) is 0. The molecular formula is C48H82O19. The Kier molecular flexibility index (Phi) is 15.9. The Labute approximate surface area is 393 Å². The average Bonchev–Trinajstić information content (AvgIpc) is 3.65. The van der Waals surface area contributed by atoms with Crippen molar-refractivity contribution in [1.29, 1.82) is 0 Å². The van der Waals surface area contributed by atoms with Crippen molar-refractivity contribution in [3.05, 3.63) is 11.6 Å². The average molecular weight is 963 g/mol. The van der Waals surface area contributed by atoms with E-state index in [1.807, 2.05) is 34.6 Å². The highest BCUT2D eigenvalue weighted by atomic mass is 16.8. The van der Waals surface area contributed by atoms with Gasteiger partial charge < -0.3 is 94.8 Å². The van der Waals surface area contributed by atoms with E-state index >= 15 is 0 Å². The molecule has 67 heavy (non-hydrogen) atoms.